The van der Waals surface area contributed by atoms with Gasteiger partial charge in [-0.1, -0.05) is 95.3 Å². The van der Waals surface area contributed by atoms with Gasteiger partial charge in [0, 0.05) is 5.92 Å². The van der Waals surface area contributed by atoms with Crippen molar-refractivity contribution in [2.45, 2.75) is 73.0 Å². The molecule has 0 aromatic heterocycles. The lowest BCUT2D eigenvalue weighted by Gasteiger charge is -2.46. The number of carbonyl (C=O) groups is 1. The predicted octanol–water partition coefficient (Wildman–Crippen LogP) is 6.34. The first kappa shape index (κ1) is 28.6. The molecule has 0 N–H and O–H groups in total. The van der Waals surface area contributed by atoms with E-state index in [1.807, 2.05) is 27.0 Å². The van der Waals surface area contributed by atoms with E-state index in [4.69, 9.17) is 13.9 Å². The standard InChI is InChI=1S/C33H46O4Si/c1-31(2,3)30(34)36-22-26-23(21-35-9)20-27(29-28(26)33(29,7)8)37-38(32(4,5)6,24-16-12-10-13-17-24)25-18-14-11-15-19-25/h10-19,21,26-29H,20,22H2,1-9H3/t26-,27+,28+,29-/m1/s1. The Morgan fingerprint density at radius 2 is 1.45 bits per heavy atom. The van der Waals surface area contributed by atoms with Crippen LogP contribution in [0.3, 0.4) is 0 Å². The molecule has 0 radical (unpaired) electrons. The van der Waals surface area contributed by atoms with Crippen LogP contribution in [0.2, 0.25) is 5.04 Å². The number of rotatable bonds is 7. The normalized spacial score (nSPS) is 26.0. The molecule has 2 aromatic rings. The number of fused-ring (bicyclic) bond motifs is 1. The van der Waals surface area contributed by atoms with Crippen LogP contribution in [0.1, 0.15) is 61.8 Å². The Bertz CT molecular complexity index is 1100. The quantitative estimate of drug-likeness (QED) is 0.236. The molecule has 2 aliphatic carbocycles. The maximum atomic E-state index is 12.6. The van der Waals surface area contributed by atoms with Gasteiger partial charge in [-0.05, 0) is 65.4 Å². The summed E-state index contributed by atoms with van der Waals surface area (Å²) >= 11 is 0. The van der Waals surface area contributed by atoms with Crippen molar-refractivity contribution in [2.24, 2.45) is 28.6 Å². The molecule has 5 heteroatoms. The van der Waals surface area contributed by atoms with Crippen LogP contribution in [-0.4, -0.2) is 34.1 Å². The number of carbonyl (C=O) groups excluding carboxylic acids is 1. The van der Waals surface area contributed by atoms with Crippen molar-refractivity contribution < 1.29 is 18.7 Å². The average molecular weight is 535 g/mol. The second-order valence-electron chi connectivity index (χ2n) is 13.8. The first-order valence-corrected chi connectivity index (χ1v) is 15.8. The molecule has 2 aromatic carbocycles. The fourth-order valence-electron chi connectivity index (χ4n) is 6.85. The highest BCUT2D eigenvalue weighted by molar-refractivity contribution is 6.99. The molecule has 0 spiro atoms. The van der Waals surface area contributed by atoms with Crippen LogP contribution >= 0.6 is 0 Å². The van der Waals surface area contributed by atoms with Gasteiger partial charge in [-0.2, -0.15) is 0 Å². The van der Waals surface area contributed by atoms with E-state index >= 15 is 0 Å². The zero-order valence-corrected chi connectivity index (χ0v) is 25.7. The average Bonchev–Trinajstić information content (AvgIpc) is 3.43. The fourth-order valence-corrected chi connectivity index (χ4v) is 11.6. The molecule has 0 aliphatic heterocycles. The van der Waals surface area contributed by atoms with Crippen molar-refractivity contribution >= 4 is 24.7 Å². The number of methoxy groups -OCH3 is 1. The van der Waals surface area contributed by atoms with Gasteiger partial charge >= 0.3 is 5.97 Å². The van der Waals surface area contributed by atoms with E-state index in [9.17, 15) is 4.79 Å². The van der Waals surface area contributed by atoms with E-state index in [1.165, 1.54) is 15.9 Å². The largest absolute Gasteiger partial charge is 0.504 e. The Balaban J connectivity index is 1.74. The molecule has 38 heavy (non-hydrogen) atoms. The van der Waals surface area contributed by atoms with E-state index in [1.54, 1.807) is 7.11 Å². The van der Waals surface area contributed by atoms with E-state index in [2.05, 4.69) is 95.3 Å². The highest BCUT2D eigenvalue weighted by atomic mass is 28.4. The molecular weight excluding hydrogens is 488 g/mol. The van der Waals surface area contributed by atoms with Gasteiger partial charge < -0.3 is 13.9 Å². The van der Waals surface area contributed by atoms with Crippen LogP contribution in [0.25, 0.3) is 0 Å². The van der Waals surface area contributed by atoms with Crippen molar-refractivity contribution in [1.29, 1.82) is 0 Å². The fraction of sp³-hybridized carbons (Fsp3) is 0.545. The maximum absolute atomic E-state index is 12.6. The summed E-state index contributed by atoms with van der Waals surface area (Å²) in [5.41, 5.74) is 0.745. The minimum Gasteiger partial charge on any atom is -0.504 e. The van der Waals surface area contributed by atoms with E-state index in [-0.39, 0.29) is 28.4 Å². The lowest BCUT2D eigenvalue weighted by molar-refractivity contribution is -0.154. The topological polar surface area (TPSA) is 44.8 Å². The third kappa shape index (κ3) is 5.12. The number of benzene rings is 2. The van der Waals surface area contributed by atoms with Gasteiger partial charge in [0.15, 0.2) is 0 Å². The number of hydrogen-bond acceptors (Lipinski definition) is 4. The minimum absolute atomic E-state index is 0.0530. The molecule has 2 fully saturated rings. The monoisotopic (exact) mass is 534 g/mol. The van der Waals surface area contributed by atoms with Crippen LogP contribution < -0.4 is 10.4 Å². The minimum atomic E-state index is -2.70. The van der Waals surface area contributed by atoms with Gasteiger partial charge in [0.25, 0.3) is 8.32 Å². The molecular formula is C33H46O4Si. The van der Waals surface area contributed by atoms with E-state index in [0.29, 0.717) is 18.4 Å². The third-order valence-electron chi connectivity index (χ3n) is 8.76. The van der Waals surface area contributed by atoms with Crippen LogP contribution in [0.15, 0.2) is 72.5 Å². The van der Waals surface area contributed by atoms with Crippen LogP contribution in [0.5, 0.6) is 0 Å². The van der Waals surface area contributed by atoms with Gasteiger partial charge in [0.1, 0.15) is 0 Å². The summed E-state index contributed by atoms with van der Waals surface area (Å²) in [5, 5.41) is 2.51. The highest BCUT2D eigenvalue weighted by Crippen LogP contribution is 2.69. The maximum Gasteiger partial charge on any atom is 0.311 e. The first-order chi connectivity index (χ1) is 17.7. The van der Waals surface area contributed by atoms with E-state index < -0.39 is 13.7 Å². The molecule has 0 saturated heterocycles. The molecule has 0 unspecified atom stereocenters. The molecule has 4 rings (SSSR count). The summed E-state index contributed by atoms with van der Waals surface area (Å²) in [6, 6.07) is 21.7. The third-order valence-corrected chi connectivity index (χ3v) is 13.8. The second-order valence-corrected chi connectivity index (χ2v) is 18.0. The Morgan fingerprint density at radius 3 is 1.89 bits per heavy atom. The van der Waals surface area contributed by atoms with Crippen molar-refractivity contribution in [3.63, 3.8) is 0 Å². The number of ether oxygens (including phenoxy) is 2. The van der Waals surface area contributed by atoms with Crippen molar-refractivity contribution in [1.82, 2.24) is 0 Å². The van der Waals surface area contributed by atoms with Crippen LogP contribution in [0, 0.1) is 28.6 Å². The van der Waals surface area contributed by atoms with Crippen molar-refractivity contribution in [3.05, 3.63) is 72.5 Å². The van der Waals surface area contributed by atoms with Crippen LogP contribution in [0.4, 0.5) is 0 Å². The summed E-state index contributed by atoms with van der Waals surface area (Å²) in [6.45, 7) is 17.8. The second kappa shape index (κ2) is 10.3. The van der Waals surface area contributed by atoms with Crippen molar-refractivity contribution in [3.8, 4) is 0 Å². The summed E-state index contributed by atoms with van der Waals surface area (Å²) in [7, 11) is -1.00. The molecule has 4 nitrogen and oxygen atoms in total. The Labute approximate surface area is 230 Å². The van der Waals surface area contributed by atoms with E-state index in [0.717, 1.165) is 6.42 Å². The van der Waals surface area contributed by atoms with Crippen LogP contribution in [-0.2, 0) is 18.7 Å². The highest BCUT2D eigenvalue weighted by Gasteiger charge is 2.68. The van der Waals surface area contributed by atoms with Crippen molar-refractivity contribution in [2.75, 3.05) is 13.7 Å². The summed E-state index contributed by atoms with van der Waals surface area (Å²) in [4.78, 5) is 12.6. The molecule has 0 amide bonds. The Kier molecular flexibility index (Phi) is 7.77. The SMILES string of the molecule is COC=C1C[C@H](O[Si](c2ccccc2)(c2ccccc2)C(C)(C)C)[C@@H]2[C@H]([C@@H]1COC(=O)C(C)(C)C)C2(C)C. The summed E-state index contributed by atoms with van der Waals surface area (Å²) in [5.74, 6) is 0.736. The molecule has 4 atom stereocenters. The lowest BCUT2D eigenvalue weighted by Crippen LogP contribution is -2.68. The van der Waals surface area contributed by atoms with Gasteiger partial charge in [-0.25, -0.2) is 0 Å². The lowest BCUT2D eigenvalue weighted by atomic mass is 9.83. The Morgan fingerprint density at radius 1 is 0.921 bits per heavy atom. The number of hydrogen-bond donors (Lipinski definition) is 0. The molecule has 2 saturated carbocycles. The smallest absolute Gasteiger partial charge is 0.311 e. The predicted molar refractivity (Wildman–Crippen MR) is 157 cm³/mol. The molecule has 2 aliphatic rings. The Hall–Kier alpha value is -2.37. The molecule has 206 valence electrons. The van der Waals surface area contributed by atoms with Gasteiger partial charge in [-0.3, -0.25) is 4.79 Å². The zero-order chi connectivity index (χ0) is 27.9. The van der Waals surface area contributed by atoms with Gasteiger partial charge in [0.2, 0.25) is 0 Å². The zero-order valence-electron chi connectivity index (χ0n) is 24.7. The number of esters is 1. The van der Waals surface area contributed by atoms with Gasteiger partial charge in [-0.15, -0.1) is 0 Å². The molecule has 0 bridgehead atoms. The molecule has 0 heterocycles. The summed E-state index contributed by atoms with van der Waals surface area (Å²) < 4.78 is 19.1. The first-order valence-electron chi connectivity index (χ1n) is 13.9. The summed E-state index contributed by atoms with van der Waals surface area (Å²) in [6.07, 6.45) is 2.71. The van der Waals surface area contributed by atoms with Gasteiger partial charge in [0.05, 0.1) is 31.5 Å².